The van der Waals surface area contributed by atoms with Crippen LogP contribution in [0.1, 0.15) is 21.5 Å². The van der Waals surface area contributed by atoms with Crippen LogP contribution in [0.5, 0.6) is 5.75 Å². The fraction of sp³-hybridized carbons (Fsp3) is 0. The van der Waals surface area contributed by atoms with Gasteiger partial charge in [-0.05, 0) is 35.9 Å². The highest BCUT2D eigenvalue weighted by molar-refractivity contribution is 9.10. The van der Waals surface area contributed by atoms with E-state index < -0.39 is 5.91 Å². The quantitative estimate of drug-likeness (QED) is 0.367. The van der Waals surface area contributed by atoms with Crippen molar-refractivity contribution in [3.05, 3.63) is 70.2 Å². The third-order valence-corrected chi connectivity index (χ3v) is 3.70. The van der Waals surface area contributed by atoms with Gasteiger partial charge in [0, 0.05) is 15.6 Å². The summed E-state index contributed by atoms with van der Waals surface area (Å²) in [6, 6.07) is 11.3. The summed E-state index contributed by atoms with van der Waals surface area (Å²) in [6.07, 6.45) is 1.54. The molecule has 0 radical (unpaired) electrons. The second-order valence-electron chi connectivity index (χ2n) is 4.57. The van der Waals surface area contributed by atoms with Crippen LogP contribution in [-0.4, -0.2) is 22.4 Å². The molecule has 0 bridgehead atoms. The van der Waals surface area contributed by atoms with E-state index in [0.717, 1.165) is 10.0 Å². The van der Waals surface area contributed by atoms with Gasteiger partial charge in [0.25, 0.3) is 5.91 Å². The van der Waals surface area contributed by atoms with E-state index in [2.05, 4.69) is 33.0 Å². The number of phenolic OH excluding ortho intramolecular Hbond substituents is 1. The Balaban J connectivity index is 2.03. The lowest BCUT2D eigenvalue weighted by atomic mass is 10.1. The first kappa shape index (κ1) is 16.7. The molecule has 0 saturated heterocycles. The fourth-order valence-corrected chi connectivity index (χ4v) is 2.11. The van der Waals surface area contributed by atoms with Crippen LogP contribution in [0.25, 0.3) is 5.70 Å². The molecule has 0 atom stereocenters. The Morgan fingerprint density at radius 1 is 1.17 bits per heavy atom. The minimum atomic E-state index is -0.582. The van der Waals surface area contributed by atoms with Crippen LogP contribution in [0.2, 0.25) is 0 Å². The third-order valence-electron chi connectivity index (χ3n) is 2.98. The Morgan fingerprint density at radius 2 is 1.83 bits per heavy atom. The number of carbonyl (C=O) groups is 1. The number of amides is 1. The molecular formula is C16H14BrN3O3. The van der Waals surface area contributed by atoms with E-state index >= 15 is 0 Å². The molecule has 6 nitrogen and oxygen atoms in total. The van der Waals surface area contributed by atoms with Crippen molar-refractivity contribution in [2.75, 3.05) is 0 Å². The Morgan fingerprint density at radius 3 is 2.48 bits per heavy atom. The normalized spacial score (nSPS) is 10.5. The molecule has 1 amide bonds. The largest absolute Gasteiger partial charge is 0.508 e. The van der Waals surface area contributed by atoms with Gasteiger partial charge >= 0.3 is 0 Å². The predicted octanol–water partition coefficient (Wildman–Crippen LogP) is 2.87. The van der Waals surface area contributed by atoms with Crippen molar-refractivity contribution in [1.82, 2.24) is 10.9 Å². The van der Waals surface area contributed by atoms with Crippen LogP contribution in [0.4, 0.5) is 0 Å². The number of aromatic hydroxyl groups is 1. The molecule has 0 aliphatic rings. The monoisotopic (exact) mass is 375 g/mol. The van der Waals surface area contributed by atoms with Gasteiger partial charge in [0.1, 0.15) is 5.75 Å². The van der Waals surface area contributed by atoms with Gasteiger partial charge in [0.05, 0.1) is 11.9 Å². The summed E-state index contributed by atoms with van der Waals surface area (Å²) < 4.78 is 0.797. The molecule has 7 heteroatoms. The molecule has 0 heterocycles. The van der Waals surface area contributed by atoms with Crippen molar-refractivity contribution >= 4 is 33.7 Å². The van der Waals surface area contributed by atoms with E-state index in [0.29, 0.717) is 16.8 Å². The molecule has 2 aromatic rings. The molecule has 23 heavy (non-hydrogen) atoms. The first-order chi connectivity index (χ1) is 11.0. The van der Waals surface area contributed by atoms with Crippen molar-refractivity contribution in [2.45, 2.75) is 0 Å². The molecule has 118 valence electrons. The van der Waals surface area contributed by atoms with Crippen molar-refractivity contribution < 1.29 is 15.1 Å². The van der Waals surface area contributed by atoms with Gasteiger partial charge in [-0.3, -0.25) is 15.4 Å². The van der Waals surface area contributed by atoms with Crippen LogP contribution in [0, 0.1) is 0 Å². The van der Waals surface area contributed by atoms with E-state index in [1.54, 1.807) is 54.2 Å². The molecule has 0 unspecified atom stereocenters. The minimum absolute atomic E-state index is 0.145. The molecule has 2 rings (SSSR count). The lowest BCUT2D eigenvalue weighted by molar-refractivity contribution is 0.0706. The van der Waals surface area contributed by atoms with Gasteiger partial charge < -0.3 is 5.11 Å². The third kappa shape index (κ3) is 4.41. The van der Waals surface area contributed by atoms with E-state index in [-0.39, 0.29) is 5.75 Å². The number of carbonyl (C=O) groups excluding carboxylic acids is 1. The van der Waals surface area contributed by atoms with Crippen LogP contribution < -0.4 is 10.9 Å². The highest BCUT2D eigenvalue weighted by atomic mass is 79.9. The maximum atomic E-state index is 11.2. The molecule has 2 aromatic carbocycles. The highest BCUT2D eigenvalue weighted by Gasteiger charge is 2.04. The zero-order valence-corrected chi connectivity index (χ0v) is 13.5. The lowest BCUT2D eigenvalue weighted by Gasteiger charge is -2.06. The second-order valence-corrected chi connectivity index (χ2v) is 5.43. The van der Waals surface area contributed by atoms with Crippen LogP contribution >= 0.6 is 15.9 Å². The van der Waals surface area contributed by atoms with Crippen molar-refractivity contribution in [2.24, 2.45) is 5.10 Å². The van der Waals surface area contributed by atoms with Gasteiger partial charge in [-0.15, -0.1) is 0 Å². The van der Waals surface area contributed by atoms with Crippen LogP contribution in [-0.2, 0) is 0 Å². The Labute approximate surface area is 141 Å². The number of phenols is 1. The maximum absolute atomic E-state index is 11.2. The summed E-state index contributed by atoms with van der Waals surface area (Å²) in [5.41, 5.74) is 6.66. The zero-order chi connectivity index (χ0) is 16.8. The first-order valence-electron chi connectivity index (χ1n) is 6.52. The molecule has 0 aromatic heterocycles. The van der Waals surface area contributed by atoms with Gasteiger partial charge in [-0.1, -0.05) is 34.6 Å². The van der Waals surface area contributed by atoms with Crippen molar-refractivity contribution in [3.63, 3.8) is 0 Å². The molecular weight excluding hydrogens is 362 g/mol. The number of halogens is 1. The number of nitrogens with one attached hydrogen (secondary N) is 2. The summed E-state index contributed by atoms with van der Waals surface area (Å²) in [7, 11) is 0. The smallest absolute Gasteiger partial charge is 0.274 e. The molecule has 0 fully saturated rings. The molecule has 0 aliphatic carbocycles. The molecule has 0 aliphatic heterocycles. The molecule has 0 saturated carbocycles. The number of hydrogen-bond acceptors (Lipinski definition) is 5. The maximum Gasteiger partial charge on any atom is 0.274 e. The standard InChI is InChI=1S/C16H14BrN3O3/c1-10(11-2-4-12(5-3-11)16(22)20-23)19-18-9-13-8-14(21)6-7-15(13)17/h2-9,19,21,23H,1H2,(H,20,22)/b18-9+. The second kappa shape index (κ2) is 7.57. The fourth-order valence-electron chi connectivity index (χ4n) is 1.76. The highest BCUT2D eigenvalue weighted by Crippen LogP contribution is 2.20. The summed E-state index contributed by atoms with van der Waals surface area (Å²) in [5, 5.41) is 22.1. The zero-order valence-electron chi connectivity index (χ0n) is 12.0. The Bertz CT molecular complexity index is 758. The molecule has 4 N–H and O–H groups in total. The summed E-state index contributed by atoms with van der Waals surface area (Å²) >= 11 is 3.36. The van der Waals surface area contributed by atoms with E-state index in [1.807, 2.05) is 0 Å². The van der Waals surface area contributed by atoms with E-state index in [4.69, 9.17) is 5.21 Å². The number of rotatable bonds is 5. The average molecular weight is 376 g/mol. The van der Waals surface area contributed by atoms with Gasteiger partial charge in [-0.2, -0.15) is 5.10 Å². The van der Waals surface area contributed by atoms with Gasteiger partial charge in [0.15, 0.2) is 0 Å². The average Bonchev–Trinajstić information content (AvgIpc) is 2.57. The Hall–Kier alpha value is -2.64. The number of hydrogen-bond donors (Lipinski definition) is 4. The minimum Gasteiger partial charge on any atom is -0.508 e. The predicted molar refractivity (Wildman–Crippen MR) is 91.3 cm³/mol. The van der Waals surface area contributed by atoms with Crippen LogP contribution in [0.3, 0.4) is 0 Å². The first-order valence-corrected chi connectivity index (χ1v) is 7.32. The van der Waals surface area contributed by atoms with Crippen molar-refractivity contribution in [3.8, 4) is 5.75 Å². The summed E-state index contributed by atoms with van der Waals surface area (Å²) in [4.78, 5) is 11.2. The number of hydrazone groups is 1. The van der Waals surface area contributed by atoms with Crippen LogP contribution in [0.15, 0.2) is 58.6 Å². The van der Waals surface area contributed by atoms with E-state index in [1.165, 1.54) is 0 Å². The van der Waals surface area contributed by atoms with Gasteiger partial charge in [0.2, 0.25) is 0 Å². The Kier molecular flexibility index (Phi) is 5.51. The SMILES string of the molecule is C=C(N/N=C/c1cc(O)ccc1Br)c1ccc(C(=O)NO)cc1. The summed E-state index contributed by atoms with van der Waals surface area (Å²) in [5.74, 6) is -0.437. The lowest BCUT2D eigenvalue weighted by Crippen LogP contribution is -2.18. The van der Waals surface area contributed by atoms with E-state index in [9.17, 15) is 9.90 Å². The molecule has 0 spiro atoms. The number of benzene rings is 2. The summed E-state index contributed by atoms with van der Waals surface area (Å²) in [6.45, 7) is 3.85. The number of hydroxylamine groups is 1. The topological polar surface area (TPSA) is 94.0 Å². The number of nitrogens with zero attached hydrogens (tertiary/aromatic N) is 1. The van der Waals surface area contributed by atoms with Gasteiger partial charge in [-0.25, -0.2) is 5.48 Å². The van der Waals surface area contributed by atoms with Crippen molar-refractivity contribution in [1.29, 1.82) is 0 Å².